The Bertz CT molecular complexity index is 810. The van der Waals surface area contributed by atoms with E-state index in [1.54, 1.807) is 40.4 Å². The van der Waals surface area contributed by atoms with Gasteiger partial charge >= 0.3 is 0 Å². The summed E-state index contributed by atoms with van der Waals surface area (Å²) in [6.07, 6.45) is 7.55. The maximum Gasteiger partial charge on any atom is 0.244 e. The average molecular weight is 309 g/mol. The topological polar surface area (TPSA) is 77.0 Å². The second-order valence-corrected chi connectivity index (χ2v) is 5.40. The van der Waals surface area contributed by atoms with E-state index in [9.17, 15) is 4.79 Å². The summed E-state index contributed by atoms with van der Waals surface area (Å²) in [6, 6.07) is 5.56. The lowest BCUT2D eigenvalue weighted by atomic mass is 10.1. The van der Waals surface area contributed by atoms with E-state index in [-0.39, 0.29) is 12.5 Å². The molecule has 1 aliphatic heterocycles. The third-order valence-corrected chi connectivity index (χ3v) is 3.85. The van der Waals surface area contributed by atoms with Crippen LogP contribution in [0.3, 0.4) is 0 Å². The molecule has 0 fully saturated rings. The number of nitrogens with zero attached hydrogens (tertiary/aromatic N) is 5. The van der Waals surface area contributed by atoms with Crippen LogP contribution in [0.5, 0.6) is 0 Å². The number of carbonyl (C=O) groups excluding carboxylic acids is 1. The first-order chi connectivity index (χ1) is 11.3. The van der Waals surface area contributed by atoms with Crippen LogP contribution in [0.2, 0.25) is 0 Å². The highest BCUT2D eigenvalue weighted by molar-refractivity contribution is 5.76. The zero-order valence-corrected chi connectivity index (χ0v) is 12.4. The van der Waals surface area contributed by atoms with Gasteiger partial charge in [0.25, 0.3) is 0 Å². The number of oxazole rings is 1. The van der Waals surface area contributed by atoms with Crippen molar-refractivity contribution < 1.29 is 9.21 Å². The van der Waals surface area contributed by atoms with E-state index in [0.29, 0.717) is 25.4 Å². The molecule has 0 unspecified atom stereocenters. The first-order valence-corrected chi connectivity index (χ1v) is 7.44. The molecule has 116 valence electrons. The van der Waals surface area contributed by atoms with Crippen LogP contribution < -0.4 is 0 Å². The molecule has 0 radical (unpaired) electrons. The van der Waals surface area contributed by atoms with E-state index in [0.717, 1.165) is 17.0 Å². The number of carbonyl (C=O) groups is 1. The van der Waals surface area contributed by atoms with Gasteiger partial charge in [-0.1, -0.05) is 0 Å². The Morgan fingerprint density at radius 1 is 1.30 bits per heavy atom. The number of rotatable bonds is 3. The maximum atomic E-state index is 12.3. The minimum atomic E-state index is 0.0327. The predicted molar refractivity (Wildman–Crippen MR) is 81.1 cm³/mol. The van der Waals surface area contributed by atoms with Crippen LogP contribution in [-0.4, -0.2) is 37.1 Å². The normalized spacial score (nSPS) is 13.8. The third kappa shape index (κ3) is 2.73. The number of amides is 1. The molecule has 0 aliphatic carbocycles. The van der Waals surface area contributed by atoms with E-state index in [4.69, 9.17) is 4.42 Å². The lowest BCUT2D eigenvalue weighted by Crippen LogP contribution is -2.38. The Morgan fingerprint density at radius 2 is 2.26 bits per heavy atom. The lowest BCUT2D eigenvalue weighted by Gasteiger charge is -2.25. The number of fused-ring (bicyclic) bond motifs is 1. The molecule has 0 N–H and O–H groups in total. The van der Waals surface area contributed by atoms with E-state index in [1.165, 1.54) is 0 Å². The summed E-state index contributed by atoms with van der Waals surface area (Å²) in [4.78, 5) is 22.7. The fraction of sp³-hybridized carbons (Fsp3) is 0.250. The van der Waals surface area contributed by atoms with Crippen molar-refractivity contribution in [1.29, 1.82) is 0 Å². The van der Waals surface area contributed by atoms with Crippen molar-refractivity contribution in [2.75, 3.05) is 6.54 Å². The summed E-state index contributed by atoms with van der Waals surface area (Å²) >= 11 is 0. The molecule has 7 heteroatoms. The van der Waals surface area contributed by atoms with Crippen molar-refractivity contribution in [3.63, 3.8) is 0 Å². The van der Waals surface area contributed by atoms with Gasteiger partial charge in [-0.2, -0.15) is 5.10 Å². The van der Waals surface area contributed by atoms with Gasteiger partial charge in [0.15, 0.2) is 0 Å². The van der Waals surface area contributed by atoms with Crippen molar-refractivity contribution in [2.45, 2.75) is 19.5 Å². The molecule has 0 spiro atoms. The summed E-state index contributed by atoms with van der Waals surface area (Å²) in [7, 11) is 0. The molecule has 4 heterocycles. The van der Waals surface area contributed by atoms with Crippen LogP contribution >= 0.6 is 0 Å². The molecule has 1 aliphatic rings. The zero-order chi connectivity index (χ0) is 15.6. The predicted octanol–water partition coefficient (Wildman–Crippen LogP) is 1.52. The van der Waals surface area contributed by atoms with Gasteiger partial charge in [0.2, 0.25) is 11.8 Å². The van der Waals surface area contributed by atoms with E-state index < -0.39 is 0 Å². The first-order valence-electron chi connectivity index (χ1n) is 7.44. The highest BCUT2D eigenvalue weighted by atomic mass is 16.4. The first kappa shape index (κ1) is 13.7. The molecule has 7 nitrogen and oxygen atoms in total. The Hall–Kier alpha value is -2.96. The van der Waals surface area contributed by atoms with Crippen molar-refractivity contribution >= 4 is 5.91 Å². The highest BCUT2D eigenvalue weighted by Gasteiger charge is 2.25. The van der Waals surface area contributed by atoms with Gasteiger partial charge in [-0.15, -0.1) is 0 Å². The minimum Gasteiger partial charge on any atom is -0.441 e. The largest absolute Gasteiger partial charge is 0.441 e. The monoisotopic (exact) mass is 309 g/mol. The van der Waals surface area contributed by atoms with Gasteiger partial charge in [0.05, 0.1) is 12.1 Å². The standard InChI is InChI=1S/C16H15N5O2/c22-15(11-21-7-2-6-18-21)20-8-4-14-13(10-20)19-16(23-14)12-3-1-5-17-9-12/h1-3,5-7,9H,4,8,10-11H2. The molecule has 1 amide bonds. The molecular formula is C16H15N5O2. The van der Waals surface area contributed by atoms with Gasteiger partial charge < -0.3 is 9.32 Å². The summed E-state index contributed by atoms with van der Waals surface area (Å²) in [6.45, 7) is 1.35. The number of hydrogen-bond donors (Lipinski definition) is 0. The van der Waals surface area contributed by atoms with E-state index >= 15 is 0 Å². The molecule has 23 heavy (non-hydrogen) atoms. The van der Waals surface area contributed by atoms with Gasteiger partial charge in [0.1, 0.15) is 18.0 Å². The molecule has 3 aromatic heterocycles. The smallest absolute Gasteiger partial charge is 0.244 e. The number of aromatic nitrogens is 4. The van der Waals surface area contributed by atoms with Crippen molar-refractivity contribution in [3.8, 4) is 11.5 Å². The number of pyridine rings is 1. The van der Waals surface area contributed by atoms with Crippen LogP contribution in [0.25, 0.3) is 11.5 Å². The Kier molecular flexibility index (Phi) is 3.38. The molecule has 0 aromatic carbocycles. The van der Waals surface area contributed by atoms with Crippen LogP contribution in [0, 0.1) is 0 Å². The van der Waals surface area contributed by atoms with Crippen LogP contribution in [0.1, 0.15) is 11.5 Å². The third-order valence-electron chi connectivity index (χ3n) is 3.85. The zero-order valence-electron chi connectivity index (χ0n) is 12.4. The number of hydrogen-bond acceptors (Lipinski definition) is 5. The molecule has 0 bridgehead atoms. The summed E-state index contributed by atoms with van der Waals surface area (Å²) in [5, 5.41) is 4.07. The van der Waals surface area contributed by atoms with Crippen LogP contribution in [0.4, 0.5) is 0 Å². The van der Waals surface area contributed by atoms with Gasteiger partial charge in [-0.25, -0.2) is 4.98 Å². The second-order valence-electron chi connectivity index (χ2n) is 5.40. The van der Waals surface area contributed by atoms with Gasteiger partial charge in [-0.05, 0) is 18.2 Å². The average Bonchev–Trinajstić information content (AvgIpc) is 3.24. The van der Waals surface area contributed by atoms with E-state index in [2.05, 4.69) is 15.1 Å². The fourth-order valence-corrected chi connectivity index (χ4v) is 2.66. The Morgan fingerprint density at radius 3 is 3.04 bits per heavy atom. The summed E-state index contributed by atoms with van der Waals surface area (Å²) in [5.41, 5.74) is 1.67. The summed E-state index contributed by atoms with van der Waals surface area (Å²) < 4.78 is 7.45. The lowest BCUT2D eigenvalue weighted by molar-refractivity contribution is -0.133. The molecule has 4 rings (SSSR count). The van der Waals surface area contributed by atoms with Crippen molar-refractivity contribution in [2.24, 2.45) is 0 Å². The maximum absolute atomic E-state index is 12.3. The Labute approximate surface area is 132 Å². The SMILES string of the molecule is O=C(Cn1cccn1)N1CCc2oc(-c3cccnc3)nc2C1. The van der Waals surface area contributed by atoms with Gasteiger partial charge in [-0.3, -0.25) is 14.5 Å². The quantitative estimate of drug-likeness (QED) is 0.733. The molecule has 3 aromatic rings. The minimum absolute atomic E-state index is 0.0327. The van der Waals surface area contributed by atoms with Gasteiger partial charge in [0, 0.05) is 37.8 Å². The van der Waals surface area contributed by atoms with E-state index in [1.807, 2.05) is 12.1 Å². The summed E-state index contributed by atoms with van der Waals surface area (Å²) in [5.74, 6) is 1.45. The van der Waals surface area contributed by atoms with Crippen molar-refractivity contribution in [3.05, 3.63) is 54.4 Å². The second kappa shape index (κ2) is 5.68. The van der Waals surface area contributed by atoms with Crippen LogP contribution in [0.15, 0.2) is 47.4 Å². The molecule has 0 atom stereocenters. The highest BCUT2D eigenvalue weighted by Crippen LogP contribution is 2.25. The Balaban J connectivity index is 1.51. The van der Waals surface area contributed by atoms with Crippen molar-refractivity contribution in [1.82, 2.24) is 24.6 Å². The van der Waals surface area contributed by atoms with Crippen LogP contribution in [-0.2, 0) is 24.3 Å². The fourth-order valence-electron chi connectivity index (χ4n) is 2.66. The molecule has 0 saturated heterocycles. The molecular weight excluding hydrogens is 294 g/mol. The molecule has 0 saturated carbocycles.